The number of esters is 1. The quantitative estimate of drug-likeness (QED) is 0.597. The predicted molar refractivity (Wildman–Crippen MR) is 88.7 cm³/mol. The van der Waals surface area contributed by atoms with E-state index in [1.807, 2.05) is 0 Å². The number of nitrogens with one attached hydrogen (secondary N) is 1. The molecule has 24 heavy (non-hydrogen) atoms. The van der Waals surface area contributed by atoms with Crippen LogP contribution in [-0.4, -0.2) is 52.5 Å². The highest BCUT2D eigenvalue weighted by molar-refractivity contribution is 5.93. The molecule has 0 atom stereocenters. The van der Waals surface area contributed by atoms with E-state index in [2.05, 4.69) is 10.3 Å². The monoisotopic (exact) mass is 355 g/mol. The molecule has 2 rings (SSSR count). The Kier molecular flexibility index (Phi) is 7.34. The van der Waals surface area contributed by atoms with Crippen molar-refractivity contribution < 1.29 is 24.2 Å². The number of hydrogen-bond donors (Lipinski definition) is 2. The lowest BCUT2D eigenvalue weighted by atomic mass is 10.1. The minimum absolute atomic E-state index is 0. The van der Waals surface area contributed by atoms with E-state index >= 15 is 0 Å². The van der Waals surface area contributed by atoms with Crippen LogP contribution in [-0.2, 0) is 25.7 Å². The highest BCUT2D eigenvalue weighted by Gasteiger charge is 2.22. The highest BCUT2D eigenvalue weighted by atomic mass is 35.5. The van der Waals surface area contributed by atoms with Gasteiger partial charge in [0.1, 0.15) is 5.82 Å². The Balaban J connectivity index is 0.00000288. The van der Waals surface area contributed by atoms with Gasteiger partial charge in [-0.15, -0.1) is 12.4 Å². The Morgan fingerprint density at radius 2 is 2.21 bits per heavy atom. The number of carbonyl (C=O) groups is 3. The molecule has 0 radical (unpaired) electrons. The summed E-state index contributed by atoms with van der Waals surface area (Å²) < 4.78 is 4.89. The molecule has 9 heteroatoms. The SMILES string of the molecule is CCOC(=O)CN1CC(=O)Nc2ncc(/C=C/C(=O)O)cc2C1.Cl. The van der Waals surface area contributed by atoms with Gasteiger partial charge in [0.2, 0.25) is 5.91 Å². The van der Waals surface area contributed by atoms with Gasteiger partial charge in [-0.05, 0) is 24.6 Å². The second-order valence-corrected chi connectivity index (χ2v) is 4.95. The van der Waals surface area contributed by atoms with Crippen molar-refractivity contribution in [2.75, 3.05) is 25.0 Å². The number of aliphatic carboxylic acids is 1. The molecule has 1 amide bonds. The van der Waals surface area contributed by atoms with Crippen LogP contribution in [0.1, 0.15) is 18.1 Å². The van der Waals surface area contributed by atoms with Crippen LogP contribution in [0.25, 0.3) is 6.08 Å². The van der Waals surface area contributed by atoms with Gasteiger partial charge in [-0.3, -0.25) is 14.5 Å². The molecule has 0 spiro atoms. The van der Waals surface area contributed by atoms with Crippen LogP contribution in [0.3, 0.4) is 0 Å². The maximum atomic E-state index is 11.9. The smallest absolute Gasteiger partial charge is 0.328 e. The number of carbonyl (C=O) groups excluding carboxylic acids is 2. The van der Waals surface area contributed by atoms with Crippen molar-refractivity contribution in [1.29, 1.82) is 0 Å². The van der Waals surface area contributed by atoms with Crippen LogP contribution in [0, 0.1) is 0 Å². The summed E-state index contributed by atoms with van der Waals surface area (Å²) in [7, 11) is 0. The summed E-state index contributed by atoms with van der Waals surface area (Å²) in [4.78, 5) is 39.8. The fourth-order valence-corrected chi connectivity index (χ4v) is 2.19. The van der Waals surface area contributed by atoms with Gasteiger partial charge in [0.25, 0.3) is 0 Å². The zero-order chi connectivity index (χ0) is 16.8. The van der Waals surface area contributed by atoms with Crippen molar-refractivity contribution in [3.63, 3.8) is 0 Å². The van der Waals surface area contributed by atoms with Gasteiger partial charge < -0.3 is 15.2 Å². The van der Waals surface area contributed by atoms with Gasteiger partial charge >= 0.3 is 11.9 Å². The van der Waals surface area contributed by atoms with Crippen LogP contribution in [0.5, 0.6) is 0 Å². The van der Waals surface area contributed by atoms with E-state index in [1.54, 1.807) is 17.9 Å². The second-order valence-electron chi connectivity index (χ2n) is 4.95. The zero-order valence-electron chi connectivity index (χ0n) is 13.0. The highest BCUT2D eigenvalue weighted by Crippen LogP contribution is 2.20. The molecule has 0 saturated carbocycles. The molecule has 0 unspecified atom stereocenters. The third-order valence-electron chi connectivity index (χ3n) is 3.08. The molecule has 8 nitrogen and oxygen atoms in total. The Labute approximate surface area is 144 Å². The minimum Gasteiger partial charge on any atom is -0.478 e. The van der Waals surface area contributed by atoms with Gasteiger partial charge in [0, 0.05) is 24.4 Å². The first-order chi connectivity index (χ1) is 11.0. The largest absolute Gasteiger partial charge is 0.478 e. The third kappa shape index (κ3) is 5.64. The lowest BCUT2D eigenvalue weighted by Crippen LogP contribution is -2.35. The van der Waals surface area contributed by atoms with Gasteiger partial charge in [-0.1, -0.05) is 0 Å². The van der Waals surface area contributed by atoms with Crippen molar-refractivity contribution in [3.8, 4) is 0 Å². The summed E-state index contributed by atoms with van der Waals surface area (Å²) in [6.07, 6.45) is 3.90. The second kappa shape index (κ2) is 8.99. The fourth-order valence-electron chi connectivity index (χ4n) is 2.19. The van der Waals surface area contributed by atoms with Crippen LogP contribution in [0.4, 0.5) is 5.82 Å². The molecule has 0 saturated heterocycles. The number of hydrogen-bond acceptors (Lipinski definition) is 6. The first kappa shape index (κ1) is 19.6. The van der Waals surface area contributed by atoms with Crippen molar-refractivity contribution in [2.24, 2.45) is 0 Å². The fraction of sp³-hybridized carbons (Fsp3) is 0.333. The van der Waals surface area contributed by atoms with Gasteiger partial charge in [-0.25, -0.2) is 9.78 Å². The summed E-state index contributed by atoms with van der Waals surface area (Å²) >= 11 is 0. The van der Waals surface area contributed by atoms with E-state index in [-0.39, 0.29) is 38.0 Å². The van der Waals surface area contributed by atoms with Gasteiger partial charge in [-0.2, -0.15) is 0 Å². The number of fused-ring (bicyclic) bond motifs is 1. The molecule has 1 aromatic rings. The number of nitrogens with zero attached hydrogens (tertiary/aromatic N) is 2. The maximum absolute atomic E-state index is 11.9. The van der Waals surface area contributed by atoms with E-state index in [4.69, 9.17) is 9.84 Å². The normalized spacial score (nSPS) is 14.3. The van der Waals surface area contributed by atoms with E-state index in [0.717, 1.165) is 6.08 Å². The third-order valence-corrected chi connectivity index (χ3v) is 3.08. The van der Waals surface area contributed by atoms with Crippen molar-refractivity contribution >= 4 is 42.1 Å². The van der Waals surface area contributed by atoms with Crippen molar-refractivity contribution in [1.82, 2.24) is 9.88 Å². The summed E-state index contributed by atoms with van der Waals surface area (Å²) in [5, 5.41) is 11.3. The van der Waals surface area contributed by atoms with Crippen molar-refractivity contribution in [2.45, 2.75) is 13.5 Å². The summed E-state index contributed by atoms with van der Waals surface area (Å²) in [5.41, 5.74) is 1.30. The number of anilines is 1. The Morgan fingerprint density at radius 1 is 1.46 bits per heavy atom. The molecular weight excluding hydrogens is 338 g/mol. The number of halogens is 1. The van der Waals surface area contributed by atoms with Crippen LogP contribution < -0.4 is 5.32 Å². The van der Waals surface area contributed by atoms with E-state index in [0.29, 0.717) is 23.5 Å². The molecule has 0 aromatic carbocycles. The van der Waals surface area contributed by atoms with Gasteiger partial charge in [0.05, 0.1) is 19.7 Å². The molecule has 0 bridgehead atoms. The average Bonchev–Trinajstić information content (AvgIpc) is 2.62. The summed E-state index contributed by atoms with van der Waals surface area (Å²) in [6.45, 7) is 2.37. The number of rotatable bonds is 5. The number of carboxylic acids is 1. The van der Waals surface area contributed by atoms with Crippen LogP contribution in [0.15, 0.2) is 18.3 Å². The van der Waals surface area contributed by atoms with Gasteiger partial charge in [0.15, 0.2) is 0 Å². The Morgan fingerprint density at radius 3 is 2.88 bits per heavy atom. The standard InChI is InChI=1S/C15H17N3O5.ClH/c1-2-23-14(22)9-18-7-11-5-10(3-4-13(20)21)6-16-15(11)17-12(19)8-18;/h3-6H,2,7-9H2,1H3,(H,20,21)(H,16,17,19);1H/b4-3+;. The lowest BCUT2D eigenvalue weighted by molar-refractivity contribution is -0.144. The van der Waals surface area contributed by atoms with E-state index in [1.165, 1.54) is 12.3 Å². The molecule has 2 N–H and O–H groups in total. The van der Waals surface area contributed by atoms with E-state index in [9.17, 15) is 14.4 Å². The first-order valence-electron chi connectivity index (χ1n) is 7.05. The predicted octanol–water partition coefficient (Wildman–Crippen LogP) is 0.918. The lowest BCUT2D eigenvalue weighted by Gasteiger charge is -2.17. The molecule has 0 aliphatic carbocycles. The topological polar surface area (TPSA) is 109 Å². The van der Waals surface area contributed by atoms with Crippen LogP contribution in [0.2, 0.25) is 0 Å². The average molecular weight is 356 g/mol. The molecule has 2 heterocycles. The maximum Gasteiger partial charge on any atom is 0.328 e. The zero-order valence-corrected chi connectivity index (χ0v) is 13.8. The number of pyridine rings is 1. The minimum atomic E-state index is -1.06. The number of aromatic nitrogens is 1. The van der Waals surface area contributed by atoms with Crippen molar-refractivity contribution in [3.05, 3.63) is 29.5 Å². The molecule has 130 valence electrons. The molecule has 1 aliphatic heterocycles. The van der Waals surface area contributed by atoms with Crippen LogP contribution >= 0.6 is 12.4 Å². The number of amides is 1. The molecule has 0 fully saturated rings. The Hall–Kier alpha value is -2.45. The summed E-state index contributed by atoms with van der Waals surface area (Å²) in [5.74, 6) is -1.32. The molecular formula is C15H18ClN3O5. The molecule has 1 aromatic heterocycles. The Bertz CT molecular complexity index is 663. The number of carboxylic acid groups (broad SMARTS) is 1. The summed E-state index contributed by atoms with van der Waals surface area (Å²) in [6, 6.07) is 1.73. The van der Waals surface area contributed by atoms with E-state index < -0.39 is 11.9 Å². The molecule has 1 aliphatic rings. The first-order valence-corrected chi connectivity index (χ1v) is 7.05. The number of ether oxygens (including phenoxy) is 1.